The summed E-state index contributed by atoms with van der Waals surface area (Å²) < 4.78 is 44.5. The summed E-state index contributed by atoms with van der Waals surface area (Å²) in [6.45, 7) is -0.0592. The molecule has 0 aromatic heterocycles. The molecule has 0 radical (unpaired) electrons. The Morgan fingerprint density at radius 2 is 2.00 bits per heavy atom. The smallest absolute Gasteiger partial charge is 0.414 e. The lowest BCUT2D eigenvalue weighted by Gasteiger charge is -2.15. The molecule has 1 amide bonds. The number of nitrogens with zero attached hydrogens (tertiary/aromatic N) is 1. The molecular formula is C19H17F3N4O3S. The van der Waals surface area contributed by atoms with Crippen molar-refractivity contribution in [3.05, 3.63) is 58.5 Å². The highest BCUT2D eigenvalue weighted by molar-refractivity contribution is 7.80. The van der Waals surface area contributed by atoms with Crippen LogP contribution in [0.5, 0.6) is 0 Å². The van der Waals surface area contributed by atoms with Crippen LogP contribution in [0.25, 0.3) is 0 Å². The molecule has 3 rings (SSSR count). The standard InChI is InChI=1S/C19H17F3N4O3S/c20-13-7-11(26-9-12(29-19(26)28)8-24-18(30)17(21)22)4-5-14(13)25-15-3-1-2-10(23)6-16(15)27/h1-7,12,17H,8-9,23H2,(H,24,30)(H,25,27)/t12-/m0/s1. The van der Waals surface area contributed by atoms with Crippen LogP contribution >= 0.6 is 12.2 Å². The second-order valence-electron chi connectivity index (χ2n) is 6.40. The summed E-state index contributed by atoms with van der Waals surface area (Å²) in [5.41, 5.74) is 5.82. The van der Waals surface area contributed by atoms with Crippen molar-refractivity contribution >= 4 is 46.0 Å². The molecule has 4 N–H and O–H groups in total. The molecule has 0 saturated carbocycles. The third-order valence-electron chi connectivity index (χ3n) is 4.22. The molecule has 30 heavy (non-hydrogen) atoms. The highest BCUT2D eigenvalue weighted by Crippen LogP contribution is 2.27. The van der Waals surface area contributed by atoms with Gasteiger partial charge in [-0.1, -0.05) is 18.3 Å². The lowest BCUT2D eigenvalue weighted by Crippen LogP contribution is -2.36. The van der Waals surface area contributed by atoms with Gasteiger partial charge in [-0.05, 0) is 30.3 Å². The van der Waals surface area contributed by atoms with Crippen LogP contribution in [0.2, 0.25) is 0 Å². The molecule has 1 fully saturated rings. The van der Waals surface area contributed by atoms with Crippen LogP contribution < -0.4 is 26.7 Å². The van der Waals surface area contributed by atoms with Crippen molar-refractivity contribution in [2.75, 3.05) is 29.0 Å². The van der Waals surface area contributed by atoms with Crippen molar-refractivity contribution < 1.29 is 22.7 Å². The van der Waals surface area contributed by atoms with Gasteiger partial charge in [0.2, 0.25) is 5.43 Å². The van der Waals surface area contributed by atoms with Gasteiger partial charge in [0.1, 0.15) is 16.9 Å². The van der Waals surface area contributed by atoms with E-state index in [2.05, 4.69) is 22.9 Å². The van der Waals surface area contributed by atoms with E-state index < -0.39 is 34.9 Å². The number of benzene rings is 1. The van der Waals surface area contributed by atoms with E-state index in [1.54, 1.807) is 6.07 Å². The normalized spacial score (nSPS) is 15.8. The first-order valence-electron chi connectivity index (χ1n) is 8.75. The molecule has 158 valence electrons. The van der Waals surface area contributed by atoms with Crippen molar-refractivity contribution in [3.8, 4) is 0 Å². The van der Waals surface area contributed by atoms with Gasteiger partial charge >= 0.3 is 6.09 Å². The zero-order valence-corrected chi connectivity index (χ0v) is 16.2. The molecule has 1 aliphatic heterocycles. The van der Waals surface area contributed by atoms with Gasteiger partial charge in [0.05, 0.1) is 30.2 Å². The summed E-state index contributed by atoms with van der Waals surface area (Å²) in [6, 6.07) is 9.70. The lowest BCUT2D eigenvalue weighted by molar-refractivity contribution is 0.142. The average Bonchev–Trinajstić information content (AvgIpc) is 2.98. The van der Waals surface area contributed by atoms with E-state index in [0.717, 1.165) is 6.07 Å². The molecule has 1 heterocycles. The number of cyclic esters (lactones) is 1. The number of amides is 1. The number of hydrogen-bond acceptors (Lipinski definition) is 6. The van der Waals surface area contributed by atoms with Gasteiger partial charge in [-0.2, -0.15) is 0 Å². The summed E-state index contributed by atoms with van der Waals surface area (Å²) >= 11 is 4.47. The van der Waals surface area contributed by atoms with E-state index in [-0.39, 0.29) is 35.8 Å². The predicted molar refractivity (Wildman–Crippen MR) is 111 cm³/mol. The SMILES string of the molecule is Nc1cccc(Nc2ccc(N3C[C@H](CNC(=S)C(F)F)OC3=O)cc2F)c(=O)c1. The van der Waals surface area contributed by atoms with E-state index in [1.807, 2.05) is 0 Å². The van der Waals surface area contributed by atoms with Crippen LogP contribution in [-0.2, 0) is 4.74 Å². The quantitative estimate of drug-likeness (QED) is 0.597. The topological polar surface area (TPSA) is 96.7 Å². The maximum Gasteiger partial charge on any atom is 0.414 e. The fourth-order valence-electron chi connectivity index (χ4n) is 2.77. The number of rotatable bonds is 6. The number of halogens is 3. The number of thiocarbonyl (C=S) groups is 1. The molecule has 0 aliphatic carbocycles. The van der Waals surface area contributed by atoms with Crippen LogP contribution in [0.3, 0.4) is 0 Å². The second kappa shape index (κ2) is 8.99. The molecule has 7 nitrogen and oxygen atoms in total. The molecule has 0 bridgehead atoms. The lowest BCUT2D eigenvalue weighted by atomic mass is 10.2. The third-order valence-corrected chi connectivity index (χ3v) is 4.55. The Morgan fingerprint density at radius 3 is 2.70 bits per heavy atom. The average molecular weight is 438 g/mol. The number of anilines is 4. The molecule has 1 aliphatic rings. The highest BCUT2D eigenvalue weighted by atomic mass is 32.1. The Hall–Kier alpha value is -3.34. The fraction of sp³-hybridized carbons (Fsp3) is 0.211. The summed E-state index contributed by atoms with van der Waals surface area (Å²) in [6.07, 6.45) is -4.27. The minimum atomic E-state index is -2.81. The first kappa shape index (κ1) is 21.4. The maximum atomic E-state index is 14.6. The van der Waals surface area contributed by atoms with E-state index in [0.29, 0.717) is 0 Å². The van der Waals surface area contributed by atoms with E-state index in [4.69, 9.17) is 10.5 Å². The number of nitrogens with two attached hydrogens (primary N) is 1. The van der Waals surface area contributed by atoms with Crippen LogP contribution in [0.15, 0.2) is 47.3 Å². The van der Waals surface area contributed by atoms with Crippen molar-refractivity contribution in [1.82, 2.24) is 5.32 Å². The molecule has 0 unspecified atom stereocenters. The van der Waals surface area contributed by atoms with Crippen molar-refractivity contribution in [1.29, 1.82) is 0 Å². The van der Waals surface area contributed by atoms with Crippen molar-refractivity contribution in [3.63, 3.8) is 0 Å². The number of nitrogens with one attached hydrogen (secondary N) is 2. The van der Waals surface area contributed by atoms with Gasteiger partial charge in [-0.3, -0.25) is 9.69 Å². The first-order chi connectivity index (χ1) is 14.2. The summed E-state index contributed by atoms with van der Waals surface area (Å²) in [5.74, 6) is -0.709. The Bertz CT molecular complexity index is 1040. The van der Waals surface area contributed by atoms with Crippen LogP contribution in [0.1, 0.15) is 0 Å². The number of ether oxygens (including phenoxy) is 1. The highest BCUT2D eigenvalue weighted by Gasteiger charge is 2.33. The number of alkyl halides is 2. The maximum absolute atomic E-state index is 14.6. The van der Waals surface area contributed by atoms with E-state index >= 15 is 0 Å². The van der Waals surface area contributed by atoms with Gasteiger partial charge in [0, 0.05) is 11.8 Å². The first-order valence-corrected chi connectivity index (χ1v) is 9.16. The monoisotopic (exact) mass is 438 g/mol. The van der Waals surface area contributed by atoms with Gasteiger partial charge in [0.25, 0.3) is 6.43 Å². The Balaban J connectivity index is 1.71. The number of carbonyl (C=O) groups is 1. The Labute approximate surface area is 174 Å². The van der Waals surface area contributed by atoms with Gasteiger partial charge < -0.3 is 21.1 Å². The van der Waals surface area contributed by atoms with Crippen molar-refractivity contribution in [2.24, 2.45) is 0 Å². The molecule has 11 heteroatoms. The van der Waals surface area contributed by atoms with Crippen molar-refractivity contribution in [2.45, 2.75) is 12.5 Å². The van der Waals surface area contributed by atoms with Crippen LogP contribution in [0, 0.1) is 5.82 Å². The number of carbonyl (C=O) groups excluding carboxylic acids is 1. The van der Waals surface area contributed by atoms with Gasteiger partial charge in [-0.25, -0.2) is 18.0 Å². The summed E-state index contributed by atoms with van der Waals surface area (Å²) in [5, 5.41) is 5.03. The molecule has 0 spiro atoms. The largest absolute Gasteiger partial charge is 0.442 e. The van der Waals surface area contributed by atoms with Crippen LogP contribution in [0.4, 0.5) is 40.7 Å². The predicted octanol–water partition coefficient (Wildman–Crippen LogP) is 3.02. The van der Waals surface area contributed by atoms with E-state index in [1.165, 1.54) is 35.2 Å². The molecule has 2 aromatic rings. The number of nitrogen functional groups attached to an aromatic ring is 1. The molecular weight excluding hydrogens is 421 g/mol. The Kier molecular flexibility index (Phi) is 6.40. The molecule has 2 aromatic carbocycles. The third kappa shape index (κ3) is 4.98. The van der Waals surface area contributed by atoms with Gasteiger partial charge in [0.15, 0.2) is 0 Å². The van der Waals surface area contributed by atoms with E-state index in [9.17, 15) is 22.8 Å². The zero-order valence-electron chi connectivity index (χ0n) is 15.4. The van der Waals surface area contributed by atoms with Gasteiger partial charge in [-0.15, -0.1) is 0 Å². The second-order valence-corrected chi connectivity index (χ2v) is 6.84. The Morgan fingerprint density at radius 1 is 1.23 bits per heavy atom. The fourth-order valence-corrected chi connectivity index (χ4v) is 2.85. The summed E-state index contributed by atoms with van der Waals surface area (Å²) in [4.78, 5) is 24.7. The van der Waals surface area contributed by atoms with Crippen LogP contribution in [-0.4, -0.2) is 36.7 Å². The summed E-state index contributed by atoms with van der Waals surface area (Å²) in [7, 11) is 0. The molecule has 1 saturated heterocycles. The minimum Gasteiger partial charge on any atom is -0.442 e. The minimum absolute atomic E-state index is 0.0219. The zero-order chi connectivity index (χ0) is 21.8. The number of hydrogen-bond donors (Lipinski definition) is 3. The molecule has 1 atom stereocenters.